The predicted molar refractivity (Wildman–Crippen MR) is 59.2 cm³/mol. The molecule has 0 amide bonds. The van der Waals surface area contributed by atoms with Gasteiger partial charge in [-0.2, -0.15) is 5.10 Å². The maximum atomic E-state index is 4.26. The Labute approximate surface area is 89.0 Å². The Hall–Kier alpha value is -1.68. The van der Waals surface area contributed by atoms with Gasteiger partial charge in [0.05, 0.1) is 11.9 Å². The van der Waals surface area contributed by atoms with Crippen LogP contribution < -0.4 is 5.32 Å². The lowest BCUT2D eigenvalue weighted by Crippen LogP contribution is -2.10. The monoisotopic (exact) mass is 202 g/mol. The number of aromatic nitrogens is 3. The van der Waals surface area contributed by atoms with Crippen LogP contribution in [0.4, 0.5) is 0 Å². The molecule has 0 aromatic carbocycles. The van der Waals surface area contributed by atoms with Gasteiger partial charge < -0.3 is 5.32 Å². The second kappa shape index (κ2) is 4.23. The Balaban J connectivity index is 2.44. The summed E-state index contributed by atoms with van der Waals surface area (Å²) >= 11 is 0. The number of aryl methyl sites for hydroxylation is 1. The van der Waals surface area contributed by atoms with Crippen LogP contribution in [0.2, 0.25) is 0 Å². The highest BCUT2D eigenvalue weighted by molar-refractivity contribution is 5.64. The molecule has 0 aliphatic carbocycles. The molecule has 4 nitrogen and oxygen atoms in total. The lowest BCUT2D eigenvalue weighted by Gasteiger charge is -2.04. The molecule has 78 valence electrons. The normalized spacial score (nSPS) is 10.5. The van der Waals surface area contributed by atoms with E-state index in [1.165, 1.54) is 5.69 Å². The summed E-state index contributed by atoms with van der Waals surface area (Å²) < 4.78 is 1.89. The standard InChI is InChI=1S/C11H14N4/c1-12-8-11-10(7-14-15(11)2)9-4-3-5-13-6-9/h3-7,12H,8H2,1-2H3. The molecule has 0 aliphatic heterocycles. The van der Waals surface area contributed by atoms with Crippen LogP contribution in [0.25, 0.3) is 11.1 Å². The number of hydrogen-bond acceptors (Lipinski definition) is 3. The summed E-state index contributed by atoms with van der Waals surface area (Å²) in [6, 6.07) is 3.98. The van der Waals surface area contributed by atoms with Gasteiger partial charge in [-0.15, -0.1) is 0 Å². The highest BCUT2D eigenvalue weighted by Gasteiger charge is 2.09. The third-order valence-corrected chi connectivity index (χ3v) is 2.38. The van der Waals surface area contributed by atoms with Gasteiger partial charge in [0.15, 0.2) is 0 Å². The van der Waals surface area contributed by atoms with Gasteiger partial charge in [0.25, 0.3) is 0 Å². The van der Waals surface area contributed by atoms with Crippen LogP contribution >= 0.6 is 0 Å². The SMILES string of the molecule is CNCc1c(-c2cccnc2)cnn1C. The minimum Gasteiger partial charge on any atom is -0.314 e. The molecule has 0 saturated carbocycles. The van der Waals surface area contributed by atoms with Crippen molar-refractivity contribution in [3.8, 4) is 11.1 Å². The first-order valence-corrected chi connectivity index (χ1v) is 4.89. The molecule has 0 spiro atoms. The third kappa shape index (κ3) is 1.89. The van der Waals surface area contributed by atoms with E-state index in [4.69, 9.17) is 0 Å². The molecule has 2 rings (SSSR count). The van der Waals surface area contributed by atoms with Gasteiger partial charge in [-0.05, 0) is 13.1 Å². The van der Waals surface area contributed by atoms with Crippen molar-refractivity contribution in [1.29, 1.82) is 0 Å². The maximum Gasteiger partial charge on any atom is 0.0597 e. The van der Waals surface area contributed by atoms with Crippen molar-refractivity contribution < 1.29 is 0 Å². The molecule has 15 heavy (non-hydrogen) atoms. The van der Waals surface area contributed by atoms with E-state index >= 15 is 0 Å². The van der Waals surface area contributed by atoms with Crippen molar-refractivity contribution in [3.63, 3.8) is 0 Å². The van der Waals surface area contributed by atoms with Crippen LogP contribution in [0.3, 0.4) is 0 Å². The van der Waals surface area contributed by atoms with Gasteiger partial charge >= 0.3 is 0 Å². The number of rotatable bonds is 3. The highest BCUT2D eigenvalue weighted by atomic mass is 15.3. The number of nitrogens with zero attached hydrogens (tertiary/aromatic N) is 3. The Bertz CT molecular complexity index is 433. The molecule has 0 atom stereocenters. The van der Waals surface area contributed by atoms with Crippen molar-refractivity contribution in [1.82, 2.24) is 20.1 Å². The summed E-state index contributed by atoms with van der Waals surface area (Å²) in [6.45, 7) is 0.806. The highest BCUT2D eigenvalue weighted by Crippen LogP contribution is 2.21. The minimum atomic E-state index is 0.806. The predicted octanol–water partition coefficient (Wildman–Crippen LogP) is 1.20. The molecule has 2 aromatic heterocycles. The van der Waals surface area contributed by atoms with E-state index < -0.39 is 0 Å². The van der Waals surface area contributed by atoms with E-state index in [1.54, 1.807) is 6.20 Å². The molecule has 4 heteroatoms. The van der Waals surface area contributed by atoms with Crippen molar-refractivity contribution in [2.24, 2.45) is 7.05 Å². The van der Waals surface area contributed by atoms with Crippen LogP contribution in [0.15, 0.2) is 30.7 Å². The Morgan fingerprint density at radius 2 is 2.27 bits per heavy atom. The first-order valence-electron chi connectivity index (χ1n) is 4.89. The molecular weight excluding hydrogens is 188 g/mol. The first-order chi connectivity index (χ1) is 7.33. The lowest BCUT2D eigenvalue weighted by molar-refractivity contribution is 0.673. The van der Waals surface area contributed by atoms with Gasteiger partial charge in [0.1, 0.15) is 0 Å². The van der Waals surface area contributed by atoms with E-state index in [-0.39, 0.29) is 0 Å². The lowest BCUT2D eigenvalue weighted by atomic mass is 10.1. The van der Waals surface area contributed by atoms with Crippen LogP contribution in [0.5, 0.6) is 0 Å². The van der Waals surface area contributed by atoms with Crippen molar-refractivity contribution >= 4 is 0 Å². The topological polar surface area (TPSA) is 42.7 Å². The number of nitrogens with one attached hydrogen (secondary N) is 1. The zero-order chi connectivity index (χ0) is 10.7. The van der Waals surface area contributed by atoms with Gasteiger partial charge in [-0.25, -0.2) is 0 Å². The van der Waals surface area contributed by atoms with Crippen molar-refractivity contribution in [2.45, 2.75) is 6.54 Å². The molecule has 2 heterocycles. The Morgan fingerprint density at radius 3 is 2.93 bits per heavy atom. The van der Waals surface area contributed by atoms with Gasteiger partial charge in [-0.1, -0.05) is 6.07 Å². The molecule has 0 saturated heterocycles. The molecule has 0 radical (unpaired) electrons. The fourth-order valence-corrected chi connectivity index (χ4v) is 1.60. The zero-order valence-corrected chi connectivity index (χ0v) is 8.94. The summed E-state index contributed by atoms with van der Waals surface area (Å²) in [5.74, 6) is 0. The second-order valence-electron chi connectivity index (χ2n) is 3.40. The third-order valence-electron chi connectivity index (χ3n) is 2.38. The Kier molecular flexibility index (Phi) is 2.78. The van der Waals surface area contributed by atoms with Crippen LogP contribution in [0, 0.1) is 0 Å². The largest absolute Gasteiger partial charge is 0.314 e. The van der Waals surface area contributed by atoms with Crippen LogP contribution in [-0.2, 0) is 13.6 Å². The molecular formula is C11H14N4. The minimum absolute atomic E-state index is 0.806. The quantitative estimate of drug-likeness (QED) is 0.813. The van der Waals surface area contributed by atoms with Crippen LogP contribution in [0.1, 0.15) is 5.69 Å². The molecule has 0 fully saturated rings. The first kappa shape index (κ1) is 9.86. The van der Waals surface area contributed by atoms with E-state index in [9.17, 15) is 0 Å². The van der Waals surface area contributed by atoms with E-state index in [0.29, 0.717) is 0 Å². The molecule has 0 unspecified atom stereocenters. The van der Waals surface area contributed by atoms with Crippen molar-refractivity contribution in [3.05, 3.63) is 36.4 Å². The molecule has 2 aromatic rings. The van der Waals surface area contributed by atoms with Gasteiger partial charge in [-0.3, -0.25) is 9.67 Å². The second-order valence-corrected chi connectivity index (χ2v) is 3.40. The molecule has 1 N–H and O–H groups in total. The average molecular weight is 202 g/mol. The summed E-state index contributed by atoms with van der Waals surface area (Å²) in [5.41, 5.74) is 3.42. The van der Waals surface area contributed by atoms with E-state index in [2.05, 4.69) is 15.4 Å². The van der Waals surface area contributed by atoms with Gasteiger partial charge in [0.2, 0.25) is 0 Å². The average Bonchev–Trinajstić information content (AvgIpc) is 2.63. The fourth-order valence-electron chi connectivity index (χ4n) is 1.60. The number of hydrogen-bond donors (Lipinski definition) is 1. The van der Waals surface area contributed by atoms with Crippen LogP contribution in [-0.4, -0.2) is 21.8 Å². The van der Waals surface area contributed by atoms with E-state index in [1.807, 2.05) is 43.3 Å². The van der Waals surface area contributed by atoms with Gasteiger partial charge in [0, 0.05) is 37.1 Å². The zero-order valence-electron chi connectivity index (χ0n) is 8.94. The number of pyridine rings is 1. The fraction of sp³-hybridized carbons (Fsp3) is 0.273. The smallest absolute Gasteiger partial charge is 0.0597 e. The summed E-state index contributed by atoms with van der Waals surface area (Å²) in [6.07, 6.45) is 5.51. The Morgan fingerprint density at radius 1 is 1.40 bits per heavy atom. The maximum absolute atomic E-state index is 4.26. The van der Waals surface area contributed by atoms with E-state index in [0.717, 1.165) is 17.7 Å². The summed E-state index contributed by atoms with van der Waals surface area (Å²) in [4.78, 5) is 4.11. The summed E-state index contributed by atoms with van der Waals surface area (Å²) in [7, 11) is 3.88. The van der Waals surface area contributed by atoms with Crippen molar-refractivity contribution in [2.75, 3.05) is 7.05 Å². The molecule has 0 bridgehead atoms. The molecule has 0 aliphatic rings. The summed E-state index contributed by atoms with van der Waals surface area (Å²) in [5, 5.41) is 7.40.